The van der Waals surface area contributed by atoms with Gasteiger partial charge in [0.25, 0.3) is 0 Å². The summed E-state index contributed by atoms with van der Waals surface area (Å²) in [4.78, 5) is 0. The molecule has 0 radical (unpaired) electrons. The molecule has 1 heterocycles. The lowest BCUT2D eigenvalue weighted by molar-refractivity contribution is 0.196. The maximum absolute atomic E-state index is 5.04. The third-order valence-electron chi connectivity index (χ3n) is 3.44. The van der Waals surface area contributed by atoms with Crippen molar-refractivity contribution in [3.8, 4) is 5.69 Å². The van der Waals surface area contributed by atoms with Crippen LogP contribution in [0.3, 0.4) is 0 Å². The van der Waals surface area contributed by atoms with Gasteiger partial charge in [-0.25, -0.2) is 0 Å². The van der Waals surface area contributed by atoms with E-state index in [0.29, 0.717) is 12.5 Å². The number of nitrogens with one attached hydrogen (secondary N) is 1. The van der Waals surface area contributed by atoms with Crippen LogP contribution in [0.5, 0.6) is 0 Å². The van der Waals surface area contributed by atoms with Gasteiger partial charge in [-0.05, 0) is 41.0 Å². The quantitative estimate of drug-likeness (QED) is 0.791. The summed E-state index contributed by atoms with van der Waals surface area (Å²) in [5, 5.41) is 15.4. The highest BCUT2D eigenvalue weighted by atomic mass is 16.5. The number of methoxy groups -OCH3 is 1. The van der Waals surface area contributed by atoms with Gasteiger partial charge in [0.1, 0.15) is 0 Å². The highest BCUT2D eigenvalue weighted by Gasteiger charge is 2.15. The summed E-state index contributed by atoms with van der Waals surface area (Å²) in [7, 11) is 1.69. The van der Waals surface area contributed by atoms with E-state index in [1.807, 2.05) is 6.92 Å². The molecule has 1 N–H and O–H groups in total. The Morgan fingerprint density at radius 3 is 2.52 bits per heavy atom. The predicted molar refractivity (Wildman–Crippen MR) is 81.5 cm³/mol. The van der Waals surface area contributed by atoms with Crippen molar-refractivity contribution in [3.63, 3.8) is 0 Å². The fourth-order valence-corrected chi connectivity index (χ4v) is 2.12. The number of tetrazole rings is 1. The topological polar surface area (TPSA) is 64.9 Å². The second-order valence-corrected chi connectivity index (χ2v) is 5.36. The minimum Gasteiger partial charge on any atom is -0.383 e. The van der Waals surface area contributed by atoms with Gasteiger partial charge in [-0.15, -0.1) is 5.10 Å². The maximum Gasteiger partial charge on any atom is 0.173 e. The molecule has 1 aromatic carbocycles. The van der Waals surface area contributed by atoms with Crippen LogP contribution in [0.1, 0.15) is 44.1 Å². The van der Waals surface area contributed by atoms with Gasteiger partial charge < -0.3 is 10.1 Å². The van der Waals surface area contributed by atoms with E-state index in [2.05, 4.69) is 59.0 Å². The van der Waals surface area contributed by atoms with Crippen molar-refractivity contribution >= 4 is 0 Å². The Bertz CT molecular complexity index is 549. The number of rotatable bonds is 7. The molecule has 0 bridgehead atoms. The largest absolute Gasteiger partial charge is 0.383 e. The minimum atomic E-state index is 0.0555. The van der Waals surface area contributed by atoms with Crippen LogP contribution in [0, 0.1) is 0 Å². The minimum absolute atomic E-state index is 0.0555. The average molecular weight is 289 g/mol. The molecule has 2 rings (SSSR count). The summed E-state index contributed by atoms with van der Waals surface area (Å²) in [6.45, 7) is 7.82. The molecule has 1 unspecified atom stereocenters. The van der Waals surface area contributed by atoms with E-state index in [-0.39, 0.29) is 6.04 Å². The monoisotopic (exact) mass is 289 g/mol. The van der Waals surface area contributed by atoms with E-state index >= 15 is 0 Å². The van der Waals surface area contributed by atoms with Crippen molar-refractivity contribution in [1.82, 2.24) is 25.5 Å². The molecule has 1 atom stereocenters. The molecule has 0 saturated heterocycles. The van der Waals surface area contributed by atoms with E-state index in [9.17, 15) is 0 Å². The van der Waals surface area contributed by atoms with E-state index in [1.165, 1.54) is 5.56 Å². The standard InChI is InChI=1S/C15H23N5O/c1-11(2)13-5-7-14(8-6-13)20-15(17-18-19-20)12(3)16-9-10-21-4/h5-8,11-12,16H,9-10H2,1-4H3. The van der Waals surface area contributed by atoms with E-state index in [1.54, 1.807) is 11.8 Å². The van der Waals surface area contributed by atoms with Gasteiger partial charge in [0, 0.05) is 13.7 Å². The van der Waals surface area contributed by atoms with Gasteiger partial charge in [-0.2, -0.15) is 4.68 Å². The van der Waals surface area contributed by atoms with Crippen molar-refractivity contribution in [2.45, 2.75) is 32.7 Å². The van der Waals surface area contributed by atoms with Crippen LogP contribution in [0.4, 0.5) is 0 Å². The number of benzene rings is 1. The van der Waals surface area contributed by atoms with Crippen LogP contribution >= 0.6 is 0 Å². The first-order valence-corrected chi connectivity index (χ1v) is 7.24. The summed E-state index contributed by atoms with van der Waals surface area (Å²) < 4.78 is 6.81. The fraction of sp³-hybridized carbons (Fsp3) is 0.533. The number of ether oxygens (including phenoxy) is 1. The Balaban J connectivity index is 2.15. The third kappa shape index (κ3) is 3.86. The van der Waals surface area contributed by atoms with Crippen molar-refractivity contribution in [2.75, 3.05) is 20.3 Å². The lowest BCUT2D eigenvalue weighted by Crippen LogP contribution is -2.25. The second-order valence-electron chi connectivity index (χ2n) is 5.36. The van der Waals surface area contributed by atoms with Crippen LogP contribution in [0.25, 0.3) is 5.69 Å². The first kappa shape index (κ1) is 15.6. The Hall–Kier alpha value is -1.79. The number of hydrogen-bond donors (Lipinski definition) is 1. The van der Waals surface area contributed by atoms with Gasteiger partial charge in [0.15, 0.2) is 5.82 Å². The fourth-order valence-electron chi connectivity index (χ4n) is 2.12. The highest BCUT2D eigenvalue weighted by Crippen LogP contribution is 2.18. The van der Waals surface area contributed by atoms with E-state index < -0.39 is 0 Å². The van der Waals surface area contributed by atoms with Crippen LogP contribution in [0.2, 0.25) is 0 Å². The van der Waals surface area contributed by atoms with Crippen molar-refractivity contribution < 1.29 is 4.74 Å². The molecule has 0 aliphatic rings. The molecule has 0 aliphatic heterocycles. The molecule has 0 fully saturated rings. The lowest BCUT2D eigenvalue weighted by Gasteiger charge is -2.13. The number of nitrogens with zero attached hydrogens (tertiary/aromatic N) is 4. The zero-order valence-corrected chi connectivity index (χ0v) is 13.1. The Morgan fingerprint density at radius 2 is 1.90 bits per heavy atom. The summed E-state index contributed by atoms with van der Waals surface area (Å²) in [5.74, 6) is 1.31. The van der Waals surface area contributed by atoms with Crippen molar-refractivity contribution in [3.05, 3.63) is 35.7 Å². The van der Waals surface area contributed by atoms with Crippen molar-refractivity contribution in [2.24, 2.45) is 0 Å². The number of aromatic nitrogens is 4. The normalized spacial score (nSPS) is 12.8. The molecule has 0 saturated carbocycles. The summed E-state index contributed by atoms with van der Waals surface area (Å²) >= 11 is 0. The Morgan fingerprint density at radius 1 is 1.19 bits per heavy atom. The van der Waals surface area contributed by atoms with Crippen molar-refractivity contribution in [1.29, 1.82) is 0 Å². The molecule has 6 nitrogen and oxygen atoms in total. The first-order chi connectivity index (χ1) is 10.1. The Kier molecular flexibility index (Phi) is 5.41. The first-order valence-electron chi connectivity index (χ1n) is 7.24. The van der Waals surface area contributed by atoms with E-state index in [4.69, 9.17) is 4.74 Å². The smallest absolute Gasteiger partial charge is 0.173 e. The second kappa shape index (κ2) is 7.28. The Labute approximate surface area is 125 Å². The third-order valence-corrected chi connectivity index (χ3v) is 3.44. The molecule has 114 valence electrons. The maximum atomic E-state index is 5.04. The van der Waals surface area contributed by atoms with Gasteiger partial charge in [0.2, 0.25) is 0 Å². The van der Waals surface area contributed by atoms with Gasteiger partial charge in [-0.1, -0.05) is 26.0 Å². The van der Waals surface area contributed by atoms with Gasteiger partial charge in [-0.3, -0.25) is 0 Å². The van der Waals surface area contributed by atoms with Gasteiger partial charge in [0.05, 0.1) is 18.3 Å². The predicted octanol–water partition coefficient (Wildman–Crippen LogP) is 2.08. The molecule has 2 aromatic rings. The zero-order chi connectivity index (χ0) is 15.2. The molecular weight excluding hydrogens is 266 g/mol. The summed E-state index contributed by atoms with van der Waals surface area (Å²) in [6.07, 6.45) is 0. The molecule has 6 heteroatoms. The molecule has 21 heavy (non-hydrogen) atoms. The van der Waals surface area contributed by atoms with Crippen LogP contribution < -0.4 is 5.32 Å². The number of hydrogen-bond acceptors (Lipinski definition) is 5. The van der Waals surface area contributed by atoms with Crippen LogP contribution in [0.15, 0.2) is 24.3 Å². The molecule has 0 spiro atoms. The highest BCUT2D eigenvalue weighted by molar-refractivity contribution is 5.35. The molecule has 1 aromatic heterocycles. The van der Waals surface area contributed by atoms with Crippen LogP contribution in [-0.4, -0.2) is 40.5 Å². The van der Waals surface area contributed by atoms with E-state index in [0.717, 1.165) is 18.1 Å². The molecule has 0 aliphatic carbocycles. The average Bonchev–Trinajstić information content (AvgIpc) is 2.97. The SMILES string of the molecule is COCCNC(C)c1nnnn1-c1ccc(C(C)C)cc1. The zero-order valence-electron chi connectivity index (χ0n) is 13.1. The molecule has 0 amide bonds. The molecular formula is C15H23N5O. The lowest BCUT2D eigenvalue weighted by atomic mass is 10.0. The summed E-state index contributed by atoms with van der Waals surface area (Å²) in [5.41, 5.74) is 2.28. The van der Waals surface area contributed by atoms with Crippen LogP contribution in [-0.2, 0) is 4.74 Å². The summed E-state index contributed by atoms with van der Waals surface area (Å²) in [6, 6.07) is 8.40. The van der Waals surface area contributed by atoms with Gasteiger partial charge >= 0.3 is 0 Å².